The highest BCUT2D eigenvalue weighted by Gasteiger charge is 2.22. The molecule has 0 aliphatic heterocycles. The molecular weight excluding hydrogens is 386 g/mol. The van der Waals surface area contributed by atoms with E-state index in [1.54, 1.807) is 11.3 Å². The molecule has 0 bridgehead atoms. The first kappa shape index (κ1) is 17.4. The number of imidazole rings is 1. The molecule has 0 aliphatic carbocycles. The average Bonchev–Trinajstić information content (AvgIpc) is 3.07. The van der Waals surface area contributed by atoms with Crippen LogP contribution in [0.1, 0.15) is 49.6 Å². The van der Waals surface area contributed by atoms with E-state index in [2.05, 4.69) is 46.1 Å². The van der Waals surface area contributed by atoms with Gasteiger partial charge in [-0.3, -0.25) is 0 Å². The molecule has 7 heteroatoms. The molecule has 3 aromatic heterocycles. The molecule has 0 radical (unpaired) electrons. The highest BCUT2D eigenvalue weighted by atomic mass is 79.9. The Morgan fingerprint density at radius 1 is 1.25 bits per heavy atom. The van der Waals surface area contributed by atoms with E-state index >= 15 is 0 Å². The van der Waals surface area contributed by atoms with Crippen LogP contribution in [0.2, 0.25) is 0 Å². The van der Waals surface area contributed by atoms with Crippen LogP contribution in [0.15, 0.2) is 10.7 Å². The van der Waals surface area contributed by atoms with Crippen LogP contribution >= 0.6 is 27.3 Å². The van der Waals surface area contributed by atoms with E-state index in [9.17, 15) is 0 Å². The molecule has 24 heavy (non-hydrogen) atoms. The van der Waals surface area contributed by atoms with Gasteiger partial charge in [0.15, 0.2) is 10.8 Å². The van der Waals surface area contributed by atoms with E-state index < -0.39 is 0 Å². The Labute approximate surface area is 154 Å². The summed E-state index contributed by atoms with van der Waals surface area (Å²) in [4.78, 5) is 10.4. The summed E-state index contributed by atoms with van der Waals surface area (Å²) in [5, 5.41) is 8.73. The highest BCUT2D eigenvalue weighted by Crippen LogP contribution is 2.39. The molecule has 3 heterocycles. The van der Waals surface area contributed by atoms with Gasteiger partial charge < -0.3 is 5.32 Å². The molecule has 0 saturated heterocycles. The summed E-state index contributed by atoms with van der Waals surface area (Å²) in [5.74, 6) is 0.502. The van der Waals surface area contributed by atoms with E-state index in [0.717, 1.165) is 50.2 Å². The number of fused-ring (bicyclic) bond motifs is 1. The second kappa shape index (κ2) is 6.80. The molecule has 0 saturated carbocycles. The predicted molar refractivity (Wildman–Crippen MR) is 104 cm³/mol. The molecule has 5 nitrogen and oxygen atoms in total. The molecule has 0 atom stereocenters. The van der Waals surface area contributed by atoms with Crippen LogP contribution in [0.4, 0.5) is 5.13 Å². The lowest BCUT2D eigenvalue weighted by Gasteiger charge is -2.14. The zero-order valence-electron chi connectivity index (χ0n) is 14.6. The van der Waals surface area contributed by atoms with Crippen LogP contribution in [0.5, 0.6) is 0 Å². The summed E-state index contributed by atoms with van der Waals surface area (Å²) in [6.45, 7) is 8.55. The van der Waals surface area contributed by atoms with Crippen molar-refractivity contribution in [3.8, 4) is 10.6 Å². The van der Waals surface area contributed by atoms with Crippen molar-refractivity contribution in [3.63, 3.8) is 0 Å². The van der Waals surface area contributed by atoms with E-state index in [1.807, 2.05) is 25.4 Å². The Hall–Kier alpha value is -1.47. The SMILES string of the molecule is CCC(CC)c1cc(C)nn2c(-c3sc(NC)nc3Br)c(C)nc12. The van der Waals surface area contributed by atoms with Gasteiger partial charge in [-0.25, -0.2) is 14.5 Å². The Morgan fingerprint density at radius 3 is 2.54 bits per heavy atom. The van der Waals surface area contributed by atoms with E-state index in [4.69, 9.17) is 10.1 Å². The van der Waals surface area contributed by atoms with Gasteiger partial charge in [0.2, 0.25) is 0 Å². The second-order valence-corrected chi connectivity index (χ2v) is 7.67. The molecule has 3 rings (SSSR count). The number of anilines is 1. The number of nitrogens with zero attached hydrogens (tertiary/aromatic N) is 4. The summed E-state index contributed by atoms with van der Waals surface area (Å²) in [5.41, 5.74) is 5.26. The van der Waals surface area contributed by atoms with Gasteiger partial charge >= 0.3 is 0 Å². The molecule has 0 unspecified atom stereocenters. The number of hydrogen-bond acceptors (Lipinski definition) is 5. The maximum atomic E-state index is 4.86. The lowest BCUT2D eigenvalue weighted by molar-refractivity contribution is 0.638. The highest BCUT2D eigenvalue weighted by molar-refractivity contribution is 9.10. The molecule has 0 aliphatic rings. The third-order valence-electron chi connectivity index (χ3n) is 4.35. The lowest BCUT2D eigenvalue weighted by Crippen LogP contribution is -2.04. The first-order valence-electron chi connectivity index (χ1n) is 8.21. The Morgan fingerprint density at radius 2 is 1.96 bits per heavy atom. The largest absolute Gasteiger partial charge is 0.365 e. The third-order valence-corrected chi connectivity index (χ3v) is 6.27. The second-order valence-electron chi connectivity index (χ2n) is 5.92. The van der Waals surface area contributed by atoms with E-state index in [1.165, 1.54) is 5.56 Å². The Bertz CT molecular complexity index is 879. The van der Waals surface area contributed by atoms with Crippen LogP contribution in [0.25, 0.3) is 16.2 Å². The minimum atomic E-state index is 0.502. The number of rotatable bonds is 5. The quantitative estimate of drug-likeness (QED) is 0.632. The van der Waals surface area contributed by atoms with Crippen molar-refractivity contribution >= 4 is 38.0 Å². The number of nitrogens with one attached hydrogen (secondary N) is 1. The average molecular weight is 408 g/mol. The van der Waals surface area contributed by atoms with Gasteiger partial charge in [-0.1, -0.05) is 25.2 Å². The summed E-state index contributed by atoms with van der Waals surface area (Å²) >= 11 is 5.19. The first-order valence-corrected chi connectivity index (χ1v) is 9.82. The standard InChI is InChI=1S/C17H22BrN5S/c1-6-11(7-2)12-8-9(3)22-23-13(10(4)20-16(12)23)14-15(18)21-17(19-5)24-14/h8,11H,6-7H2,1-5H3,(H,19,21). The van der Waals surface area contributed by atoms with Gasteiger partial charge in [0.05, 0.1) is 16.3 Å². The van der Waals surface area contributed by atoms with Crippen LogP contribution in [0, 0.1) is 13.8 Å². The molecule has 128 valence electrons. The van der Waals surface area contributed by atoms with Gasteiger partial charge in [0.1, 0.15) is 10.3 Å². The van der Waals surface area contributed by atoms with Gasteiger partial charge in [-0.15, -0.1) is 0 Å². The van der Waals surface area contributed by atoms with Crippen LogP contribution in [0.3, 0.4) is 0 Å². The molecule has 3 aromatic rings. The van der Waals surface area contributed by atoms with E-state index in [0.29, 0.717) is 5.92 Å². The maximum absolute atomic E-state index is 4.86. The monoisotopic (exact) mass is 407 g/mol. The van der Waals surface area contributed by atoms with E-state index in [-0.39, 0.29) is 0 Å². The fraction of sp³-hybridized carbons (Fsp3) is 0.471. The molecule has 0 fully saturated rings. The Kier molecular flexibility index (Phi) is 4.92. The minimum absolute atomic E-state index is 0.502. The number of aryl methyl sites for hydroxylation is 2. The van der Waals surface area contributed by atoms with Crippen molar-refractivity contribution in [3.05, 3.63) is 27.6 Å². The molecule has 1 N–H and O–H groups in total. The number of aromatic nitrogens is 4. The minimum Gasteiger partial charge on any atom is -0.365 e. The van der Waals surface area contributed by atoms with Crippen LogP contribution in [-0.2, 0) is 0 Å². The number of thiazole rings is 1. The van der Waals surface area contributed by atoms with Crippen LogP contribution in [-0.4, -0.2) is 26.6 Å². The first-order chi connectivity index (χ1) is 11.5. The van der Waals surface area contributed by atoms with Crippen molar-refractivity contribution in [1.82, 2.24) is 19.6 Å². The molecular formula is C17H22BrN5S. The summed E-state index contributed by atoms with van der Waals surface area (Å²) in [7, 11) is 1.88. The fourth-order valence-electron chi connectivity index (χ4n) is 3.12. The van der Waals surface area contributed by atoms with Crippen molar-refractivity contribution in [2.24, 2.45) is 0 Å². The van der Waals surface area contributed by atoms with Gasteiger partial charge in [-0.05, 0) is 54.6 Å². The molecule has 0 aromatic carbocycles. The predicted octanol–water partition coefficient (Wildman–Crippen LogP) is 5.18. The number of halogens is 1. The third kappa shape index (κ3) is 2.84. The topological polar surface area (TPSA) is 55.1 Å². The summed E-state index contributed by atoms with van der Waals surface area (Å²) < 4.78 is 2.82. The van der Waals surface area contributed by atoms with Crippen molar-refractivity contribution in [2.75, 3.05) is 12.4 Å². The summed E-state index contributed by atoms with van der Waals surface area (Å²) in [6, 6.07) is 2.18. The van der Waals surface area contributed by atoms with Crippen LogP contribution < -0.4 is 5.32 Å². The fourth-order valence-corrected chi connectivity index (χ4v) is 4.74. The molecule has 0 amide bonds. The van der Waals surface area contributed by atoms with Gasteiger partial charge in [0, 0.05) is 12.6 Å². The zero-order valence-corrected chi connectivity index (χ0v) is 17.0. The number of hydrogen-bond donors (Lipinski definition) is 1. The maximum Gasteiger partial charge on any atom is 0.184 e. The molecule has 0 spiro atoms. The van der Waals surface area contributed by atoms with Crippen molar-refractivity contribution in [2.45, 2.75) is 46.5 Å². The normalized spacial score (nSPS) is 11.6. The lowest BCUT2D eigenvalue weighted by atomic mass is 9.95. The van der Waals surface area contributed by atoms with Gasteiger partial charge in [-0.2, -0.15) is 5.10 Å². The van der Waals surface area contributed by atoms with Crippen molar-refractivity contribution in [1.29, 1.82) is 0 Å². The zero-order chi connectivity index (χ0) is 17.4. The van der Waals surface area contributed by atoms with Crippen molar-refractivity contribution < 1.29 is 0 Å². The smallest absolute Gasteiger partial charge is 0.184 e. The summed E-state index contributed by atoms with van der Waals surface area (Å²) in [6.07, 6.45) is 2.20. The van der Waals surface area contributed by atoms with Gasteiger partial charge in [0.25, 0.3) is 0 Å². The Balaban J connectivity index is 2.30.